The van der Waals surface area contributed by atoms with Crippen LogP contribution in [0.25, 0.3) is 0 Å². The summed E-state index contributed by atoms with van der Waals surface area (Å²) in [6.07, 6.45) is 3.60. The number of hydrogen-bond donors (Lipinski definition) is 1. The number of carbonyl (C=O) groups is 1. The molecule has 0 amide bonds. The fourth-order valence-electron chi connectivity index (χ4n) is 1.90. The molecule has 0 aromatic heterocycles. The second kappa shape index (κ2) is 8.48. The van der Waals surface area contributed by atoms with Crippen molar-refractivity contribution in [1.29, 1.82) is 0 Å². The Balaban J connectivity index is 2.31. The lowest BCUT2D eigenvalue weighted by atomic mass is 10.1. The Hall–Kier alpha value is -1.61. The van der Waals surface area contributed by atoms with E-state index in [-0.39, 0.29) is 5.97 Å². The summed E-state index contributed by atoms with van der Waals surface area (Å²) in [6.45, 7) is 5.65. The number of aryl methyl sites for hydroxylation is 1. The molecular weight excluding hydrogens is 238 g/mol. The van der Waals surface area contributed by atoms with Gasteiger partial charge in [-0.25, -0.2) is 4.79 Å². The van der Waals surface area contributed by atoms with E-state index in [2.05, 4.69) is 36.5 Å². The summed E-state index contributed by atoms with van der Waals surface area (Å²) < 4.78 is 4.71. The van der Waals surface area contributed by atoms with Crippen LogP contribution in [-0.4, -0.2) is 26.2 Å². The number of carbonyl (C=O) groups excluding carboxylic acids is 1. The van der Waals surface area contributed by atoms with Crippen molar-refractivity contribution in [3.8, 4) is 0 Å². The van der Waals surface area contributed by atoms with Gasteiger partial charge in [0.25, 0.3) is 0 Å². The summed E-state index contributed by atoms with van der Waals surface area (Å²) in [4.78, 5) is 11.3. The van der Waals surface area contributed by atoms with Gasteiger partial charge >= 0.3 is 5.97 Å². The predicted octanol–water partition coefficient (Wildman–Crippen LogP) is 2.64. The number of ether oxygens (including phenoxy) is 1. The van der Waals surface area contributed by atoms with Gasteiger partial charge < -0.3 is 10.1 Å². The molecule has 0 aliphatic carbocycles. The van der Waals surface area contributed by atoms with Gasteiger partial charge in [-0.15, -0.1) is 0 Å². The predicted molar refractivity (Wildman–Crippen MR) is 78.1 cm³/mol. The van der Waals surface area contributed by atoms with Crippen LogP contribution in [0.3, 0.4) is 0 Å². The lowest BCUT2D eigenvalue weighted by Crippen LogP contribution is -2.18. The molecular formula is C16H23NO2. The maximum atomic E-state index is 11.3. The second-order valence-corrected chi connectivity index (χ2v) is 4.52. The quantitative estimate of drug-likeness (QED) is 0.466. The molecule has 0 saturated heterocycles. The highest BCUT2D eigenvalue weighted by molar-refractivity contribution is 5.88. The minimum atomic E-state index is -0.233. The second-order valence-electron chi connectivity index (χ2n) is 4.52. The highest BCUT2D eigenvalue weighted by atomic mass is 16.5. The Morgan fingerprint density at radius 2 is 2.21 bits per heavy atom. The maximum absolute atomic E-state index is 11.3. The minimum absolute atomic E-state index is 0.233. The van der Waals surface area contributed by atoms with Crippen molar-refractivity contribution in [3.63, 3.8) is 0 Å². The summed E-state index contributed by atoms with van der Waals surface area (Å²) in [7, 11) is 1.41. The van der Waals surface area contributed by atoms with Crippen molar-refractivity contribution in [2.45, 2.75) is 26.7 Å². The van der Waals surface area contributed by atoms with Crippen molar-refractivity contribution in [2.24, 2.45) is 0 Å². The van der Waals surface area contributed by atoms with Crippen molar-refractivity contribution < 1.29 is 9.53 Å². The number of rotatable bonds is 7. The molecule has 0 unspecified atom stereocenters. The first-order valence-electron chi connectivity index (χ1n) is 6.71. The Kier molecular flexibility index (Phi) is 6.90. The molecule has 0 aliphatic rings. The van der Waals surface area contributed by atoms with Crippen molar-refractivity contribution in [2.75, 3.05) is 20.2 Å². The zero-order chi connectivity index (χ0) is 14.1. The van der Waals surface area contributed by atoms with Crippen LogP contribution in [0.1, 0.15) is 24.5 Å². The van der Waals surface area contributed by atoms with Gasteiger partial charge in [0.15, 0.2) is 0 Å². The molecule has 3 heteroatoms. The summed E-state index contributed by atoms with van der Waals surface area (Å²) in [6, 6.07) is 8.51. The lowest BCUT2D eigenvalue weighted by Gasteiger charge is -2.05. The molecule has 1 N–H and O–H groups in total. The molecule has 0 heterocycles. The van der Waals surface area contributed by atoms with Crippen LogP contribution in [0.2, 0.25) is 0 Å². The molecule has 19 heavy (non-hydrogen) atoms. The molecule has 1 rings (SSSR count). The van der Waals surface area contributed by atoms with Crippen molar-refractivity contribution in [1.82, 2.24) is 5.32 Å². The van der Waals surface area contributed by atoms with E-state index in [0.29, 0.717) is 13.0 Å². The highest BCUT2D eigenvalue weighted by Crippen LogP contribution is 2.04. The number of benzene rings is 1. The first-order chi connectivity index (χ1) is 9.17. The van der Waals surface area contributed by atoms with Crippen LogP contribution >= 0.6 is 0 Å². The highest BCUT2D eigenvalue weighted by Gasteiger charge is 2.05. The third kappa shape index (κ3) is 5.71. The van der Waals surface area contributed by atoms with E-state index in [1.54, 1.807) is 0 Å². The number of nitrogens with one attached hydrogen (secondary N) is 1. The number of hydrogen-bond acceptors (Lipinski definition) is 3. The Morgan fingerprint density at radius 3 is 2.84 bits per heavy atom. The van der Waals surface area contributed by atoms with Gasteiger partial charge in [-0.05, 0) is 31.9 Å². The van der Waals surface area contributed by atoms with Gasteiger partial charge in [0.1, 0.15) is 0 Å². The van der Waals surface area contributed by atoms with Crippen LogP contribution in [0, 0.1) is 6.92 Å². The summed E-state index contributed by atoms with van der Waals surface area (Å²) in [5, 5.41) is 3.31. The fraction of sp³-hybridized carbons (Fsp3) is 0.438. The summed E-state index contributed by atoms with van der Waals surface area (Å²) >= 11 is 0. The molecule has 0 aliphatic heterocycles. The van der Waals surface area contributed by atoms with Crippen LogP contribution < -0.4 is 5.32 Å². The van der Waals surface area contributed by atoms with Crippen LogP contribution in [0.4, 0.5) is 0 Å². The number of methoxy groups -OCH3 is 1. The number of esters is 1. The topological polar surface area (TPSA) is 38.3 Å². The van der Waals surface area contributed by atoms with E-state index in [1.807, 2.05) is 13.0 Å². The average molecular weight is 261 g/mol. The Labute approximate surface area is 115 Å². The van der Waals surface area contributed by atoms with Gasteiger partial charge in [-0.1, -0.05) is 42.8 Å². The molecule has 0 spiro atoms. The first kappa shape index (κ1) is 15.4. The molecule has 0 radical (unpaired) electrons. The maximum Gasteiger partial charge on any atom is 0.333 e. The SMILES string of the molecule is CC/C(=C/CNCCc1cccc(C)c1)C(=O)OC. The Morgan fingerprint density at radius 1 is 1.42 bits per heavy atom. The smallest absolute Gasteiger partial charge is 0.333 e. The largest absolute Gasteiger partial charge is 0.466 e. The molecule has 0 saturated carbocycles. The molecule has 0 bridgehead atoms. The van der Waals surface area contributed by atoms with Crippen molar-refractivity contribution >= 4 is 5.97 Å². The third-order valence-electron chi connectivity index (χ3n) is 2.99. The van der Waals surface area contributed by atoms with Crippen LogP contribution in [0.5, 0.6) is 0 Å². The van der Waals surface area contributed by atoms with Crippen LogP contribution in [-0.2, 0) is 16.0 Å². The molecule has 1 aromatic rings. The molecule has 3 nitrogen and oxygen atoms in total. The lowest BCUT2D eigenvalue weighted by molar-refractivity contribution is -0.136. The average Bonchev–Trinajstić information content (AvgIpc) is 2.42. The van der Waals surface area contributed by atoms with Crippen molar-refractivity contribution in [3.05, 3.63) is 47.0 Å². The van der Waals surface area contributed by atoms with E-state index >= 15 is 0 Å². The zero-order valence-electron chi connectivity index (χ0n) is 12.0. The van der Waals surface area contributed by atoms with Crippen LogP contribution in [0.15, 0.2) is 35.9 Å². The van der Waals surface area contributed by atoms with Gasteiger partial charge in [0.05, 0.1) is 7.11 Å². The molecule has 104 valence electrons. The van der Waals surface area contributed by atoms with E-state index in [9.17, 15) is 4.79 Å². The van der Waals surface area contributed by atoms with Gasteiger partial charge in [-0.3, -0.25) is 0 Å². The monoisotopic (exact) mass is 261 g/mol. The molecule has 0 fully saturated rings. The Bertz CT molecular complexity index is 438. The van der Waals surface area contributed by atoms with E-state index in [4.69, 9.17) is 4.74 Å². The standard InChI is InChI=1S/C16H23NO2/c1-4-15(16(18)19-3)9-11-17-10-8-14-7-5-6-13(2)12-14/h5-7,9,12,17H,4,8,10-11H2,1-3H3/b15-9-. The van der Waals surface area contributed by atoms with E-state index < -0.39 is 0 Å². The van der Waals surface area contributed by atoms with E-state index in [0.717, 1.165) is 18.5 Å². The van der Waals surface area contributed by atoms with E-state index in [1.165, 1.54) is 18.2 Å². The van der Waals surface area contributed by atoms with Gasteiger partial charge in [0, 0.05) is 12.1 Å². The molecule has 0 atom stereocenters. The summed E-state index contributed by atoms with van der Waals surface area (Å²) in [5.74, 6) is -0.233. The van der Waals surface area contributed by atoms with Gasteiger partial charge in [0.2, 0.25) is 0 Å². The fourth-order valence-corrected chi connectivity index (χ4v) is 1.90. The van der Waals surface area contributed by atoms with Gasteiger partial charge in [-0.2, -0.15) is 0 Å². The molecule has 1 aromatic carbocycles. The third-order valence-corrected chi connectivity index (χ3v) is 2.99. The first-order valence-corrected chi connectivity index (χ1v) is 6.71. The summed E-state index contributed by atoms with van der Waals surface area (Å²) in [5.41, 5.74) is 3.35. The zero-order valence-corrected chi connectivity index (χ0v) is 12.0. The minimum Gasteiger partial charge on any atom is -0.466 e. The normalized spacial score (nSPS) is 11.4.